The summed E-state index contributed by atoms with van der Waals surface area (Å²) in [6.45, 7) is 12.8. The number of hydrogen-bond acceptors (Lipinski definition) is 6. The molecule has 0 atom stereocenters. The fraction of sp³-hybridized carbons (Fsp3) is 0.239. The Kier molecular flexibility index (Phi) is 17.9. The monoisotopic (exact) mass is 714 g/mol. The van der Waals surface area contributed by atoms with Crippen LogP contribution in [0, 0.1) is 0 Å². The van der Waals surface area contributed by atoms with Gasteiger partial charge in [0.25, 0.3) is 0 Å². The van der Waals surface area contributed by atoms with Gasteiger partial charge in [0.05, 0.1) is 0 Å². The first-order chi connectivity index (χ1) is 25.4. The van der Waals surface area contributed by atoms with Crippen molar-refractivity contribution in [2.24, 2.45) is 0 Å². The summed E-state index contributed by atoms with van der Waals surface area (Å²) in [5.41, 5.74) is 8.82. The Balaban J connectivity index is 0.000000246. The average Bonchev–Trinajstić information content (AvgIpc) is 3.20. The van der Waals surface area contributed by atoms with E-state index in [0.717, 1.165) is 51.3 Å². The molecule has 6 aromatic rings. The fourth-order valence-electron chi connectivity index (χ4n) is 5.27. The second-order valence-electron chi connectivity index (χ2n) is 11.7. The summed E-state index contributed by atoms with van der Waals surface area (Å²) in [5.74, 6) is 3.56. The van der Waals surface area contributed by atoms with E-state index in [-0.39, 0.29) is 5.41 Å². The Morgan fingerprint density at radius 3 is 1.40 bits per heavy atom. The number of para-hydroxylation sites is 1. The molecule has 5 aromatic carbocycles. The zero-order valence-electron chi connectivity index (χ0n) is 31.5. The van der Waals surface area contributed by atoms with Crippen molar-refractivity contribution in [1.29, 1.82) is 0 Å². The maximum atomic E-state index is 9.60. The van der Waals surface area contributed by atoms with Gasteiger partial charge in [0, 0.05) is 33.3 Å². The highest BCUT2D eigenvalue weighted by Gasteiger charge is 2.30. The highest BCUT2D eigenvalue weighted by Crippen LogP contribution is 2.40. The maximum absolute atomic E-state index is 9.60. The van der Waals surface area contributed by atoms with Crippen molar-refractivity contribution >= 4 is 17.4 Å². The number of aromatic hydroxyl groups is 1. The van der Waals surface area contributed by atoms with Gasteiger partial charge in [-0.2, -0.15) is 0 Å². The molecule has 52 heavy (non-hydrogen) atoms. The van der Waals surface area contributed by atoms with Crippen LogP contribution in [0.2, 0.25) is 0 Å². The van der Waals surface area contributed by atoms with Crippen molar-refractivity contribution in [3.05, 3.63) is 163 Å². The number of rotatable bonds is 11. The molecule has 0 fully saturated rings. The van der Waals surface area contributed by atoms with Gasteiger partial charge in [-0.15, -0.1) is 0 Å². The van der Waals surface area contributed by atoms with E-state index in [0.29, 0.717) is 5.75 Å². The lowest BCUT2D eigenvalue weighted by molar-refractivity contribution is 0.462. The van der Waals surface area contributed by atoms with E-state index in [4.69, 9.17) is 15.2 Å². The predicted octanol–water partition coefficient (Wildman–Crippen LogP) is 13.7. The van der Waals surface area contributed by atoms with E-state index in [1.54, 1.807) is 36.3 Å². The summed E-state index contributed by atoms with van der Waals surface area (Å²) >= 11 is 1.69. The molecule has 5 nitrogen and oxygen atoms in total. The van der Waals surface area contributed by atoms with E-state index < -0.39 is 0 Å². The smallest absolute Gasteiger partial charge is 0.127 e. The van der Waals surface area contributed by atoms with Gasteiger partial charge in [-0.3, -0.25) is 4.98 Å². The normalized spacial score (nSPS) is 10.3. The first-order valence-corrected chi connectivity index (χ1v) is 19.0. The van der Waals surface area contributed by atoms with Crippen LogP contribution in [0.1, 0.15) is 78.4 Å². The Morgan fingerprint density at radius 1 is 0.538 bits per heavy atom. The van der Waals surface area contributed by atoms with Crippen LogP contribution < -0.4 is 15.2 Å². The zero-order chi connectivity index (χ0) is 37.6. The number of phenolic OH excluding ortho intramolecular Hbond substituents is 1. The average molecular weight is 715 g/mol. The topological polar surface area (TPSA) is 77.6 Å². The molecule has 0 unspecified atom stereocenters. The molecule has 0 bridgehead atoms. The van der Waals surface area contributed by atoms with Gasteiger partial charge in [0.1, 0.15) is 28.7 Å². The van der Waals surface area contributed by atoms with Gasteiger partial charge >= 0.3 is 0 Å². The number of nitrogen functional groups attached to an aromatic ring is 1. The molecular formula is C46H54N2O3S. The van der Waals surface area contributed by atoms with Crippen LogP contribution in [-0.2, 0) is 5.41 Å². The van der Waals surface area contributed by atoms with Crippen molar-refractivity contribution in [3.8, 4) is 28.7 Å². The lowest BCUT2D eigenvalue weighted by atomic mass is 9.70. The number of benzene rings is 5. The number of phenols is 1. The van der Waals surface area contributed by atoms with E-state index in [2.05, 4.69) is 44.8 Å². The third kappa shape index (κ3) is 12.8. The number of aromatic nitrogens is 1. The van der Waals surface area contributed by atoms with Crippen molar-refractivity contribution < 1.29 is 14.6 Å². The van der Waals surface area contributed by atoms with E-state index in [9.17, 15) is 5.11 Å². The molecule has 1 heterocycles. The van der Waals surface area contributed by atoms with E-state index in [1.807, 2.05) is 129 Å². The highest BCUT2D eigenvalue weighted by atomic mass is 32.2. The van der Waals surface area contributed by atoms with Crippen LogP contribution in [0.15, 0.2) is 162 Å². The van der Waals surface area contributed by atoms with Crippen LogP contribution in [-0.4, -0.2) is 10.1 Å². The lowest BCUT2D eigenvalue weighted by Crippen LogP contribution is -2.25. The molecule has 0 spiro atoms. The van der Waals surface area contributed by atoms with Gasteiger partial charge in [0.15, 0.2) is 0 Å². The Labute approximate surface area is 315 Å². The van der Waals surface area contributed by atoms with Crippen molar-refractivity contribution in [3.63, 3.8) is 0 Å². The Hall–Kier alpha value is -5.20. The number of unbranched alkanes of at least 4 members (excludes halogenated alkanes) is 1. The molecule has 6 heteroatoms. The quantitative estimate of drug-likeness (QED) is 0.130. The number of anilines is 1. The Morgan fingerprint density at radius 2 is 0.942 bits per heavy atom. The standard InChI is InChI=1S/C23H24O2.C17H14N2OS.C4H10.C2H6/c1-3-23(4-2,18-10-14-20(24)15-11-18)19-12-16-22(17-13-19)25-21-8-6-5-7-9-21;18-13-1-3-14(4-2-13)20-15-5-7-16(8-6-15)21-17-9-11-19-12-10-17;1-3-4-2;1-2/h5-17,24H,3-4H2,1-2H3;1-12H,18H2;3-4H2,1-2H3;1-2H3. The molecule has 0 saturated carbocycles. The number of nitrogens with two attached hydrogens (primary N) is 1. The summed E-state index contributed by atoms with van der Waals surface area (Å²) < 4.78 is 11.7. The zero-order valence-corrected chi connectivity index (χ0v) is 32.3. The largest absolute Gasteiger partial charge is 0.508 e. The van der Waals surface area contributed by atoms with Crippen LogP contribution in [0.3, 0.4) is 0 Å². The van der Waals surface area contributed by atoms with Crippen molar-refractivity contribution in [2.75, 3.05) is 5.73 Å². The summed E-state index contributed by atoms with van der Waals surface area (Å²) in [5, 5.41) is 9.60. The molecule has 0 aliphatic rings. The molecule has 3 N–H and O–H groups in total. The fourth-order valence-corrected chi connectivity index (χ4v) is 6.07. The van der Waals surface area contributed by atoms with Crippen molar-refractivity contribution in [2.45, 2.75) is 82.4 Å². The van der Waals surface area contributed by atoms with Crippen LogP contribution in [0.25, 0.3) is 0 Å². The molecule has 0 radical (unpaired) electrons. The van der Waals surface area contributed by atoms with Crippen LogP contribution in [0.4, 0.5) is 5.69 Å². The third-order valence-electron chi connectivity index (χ3n) is 8.34. The second kappa shape index (κ2) is 22.6. The van der Waals surface area contributed by atoms with Crippen LogP contribution in [0.5, 0.6) is 28.7 Å². The minimum atomic E-state index is -0.0566. The Bertz CT molecular complexity index is 1790. The van der Waals surface area contributed by atoms with Crippen LogP contribution >= 0.6 is 11.8 Å². The first-order valence-electron chi connectivity index (χ1n) is 18.2. The van der Waals surface area contributed by atoms with Gasteiger partial charge in [-0.1, -0.05) is 109 Å². The van der Waals surface area contributed by atoms with E-state index >= 15 is 0 Å². The third-order valence-corrected chi connectivity index (χ3v) is 9.35. The number of nitrogens with zero attached hydrogens (tertiary/aromatic N) is 1. The van der Waals surface area contributed by atoms with E-state index in [1.165, 1.54) is 24.0 Å². The van der Waals surface area contributed by atoms with Gasteiger partial charge in [-0.05, 0) is 121 Å². The molecule has 0 saturated heterocycles. The predicted molar refractivity (Wildman–Crippen MR) is 220 cm³/mol. The summed E-state index contributed by atoms with van der Waals surface area (Å²) in [7, 11) is 0. The molecule has 0 amide bonds. The first kappa shape index (κ1) is 41.2. The molecule has 6 rings (SSSR count). The minimum absolute atomic E-state index is 0.0566. The molecule has 272 valence electrons. The van der Waals surface area contributed by atoms with Crippen molar-refractivity contribution in [1.82, 2.24) is 4.98 Å². The lowest BCUT2D eigenvalue weighted by Gasteiger charge is -2.33. The number of hydrogen-bond donors (Lipinski definition) is 2. The minimum Gasteiger partial charge on any atom is -0.508 e. The maximum Gasteiger partial charge on any atom is 0.127 e. The molecule has 0 aliphatic heterocycles. The molecule has 1 aromatic heterocycles. The van der Waals surface area contributed by atoms with Gasteiger partial charge in [-0.25, -0.2) is 0 Å². The molecule has 0 aliphatic carbocycles. The SMILES string of the molecule is CC.CCC(CC)(c1ccc(O)cc1)c1ccc(Oc2ccccc2)cc1.CCCC.Nc1ccc(Oc2ccc(Sc3ccncc3)cc2)cc1. The van der Waals surface area contributed by atoms with Gasteiger partial charge < -0.3 is 20.3 Å². The molecular weight excluding hydrogens is 661 g/mol. The van der Waals surface area contributed by atoms with Gasteiger partial charge in [0.2, 0.25) is 0 Å². The number of pyridine rings is 1. The second-order valence-corrected chi connectivity index (χ2v) is 12.8. The summed E-state index contributed by atoms with van der Waals surface area (Å²) in [4.78, 5) is 6.33. The summed E-state index contributed by atoms with van der Waals surface area (Å²) in [6, 6.07) is 45.1. The summed E-state index contributed by atoms with van der Waals surface area (Å²) in [6.07, 6.45) is 8.21. The highest BCUT2D eigenvalue weighted by molar-refractivity contribution is 7.99. The number of ether oxygens (including phenoxy) is 2.